The first-order valence-corrected chi connectivity index (χ1v) is 12.0. The minimum absolute atomic E-state index is 0.256. The Morgan fingerprint density at radius 1 is 1.18 bits per heavy atom. The van der Waals surface area contributed by atoms with E-state index in [0.29, 0.717) is 40.8 Å². The molecule has 33 heavy (non-hydrogen) atoms. The molecule has 0 amide bonds. The maximum atomic E-state index is 14.4. The predicted octanol–water partition coefficient (Wildman–Crippen LogP) is 2.61. The van der Waals surface area contributed by atoms with Crippen LogP contribution in [0.3, 0.4) is 0 Å². The summed E-state index contributed by atoms with van der Waals surface area (Å²) in [5.74, 6) is -0.400. The van der Waals surface area contributed by atoms with Crippen LogP contribution >= 0.6 is 0 Å². The van der Waals surface area contributed by atoms with Crippen LogP contribution < -0.4 is 5.32 Å². The summed E-state index contributed by atoms with van der Waals surface area (Å²) < 4.78 is 63.5. The maximum Gasteiger partial charge on any atom is 0.335 e. The first kappa shape index (κ1) is 22.1. The van der Waals surface area contributed by atoms with Gasteiger partial charge in [0.2, 0.25) is 0 Å². The van der Waals surface area contributed by atoms with Gasteiger partial charge in [-0.3, -0.25) is 4.55 Å². The number of aliphatic hydroxyl groups is 1. The number of hydrogen-bond acceptors (Lipinski definition) is 6. The summed E-state index contributed by atoms with van der Waals surface area (Å²) in [5, 5.41) is 14.3. The van der Waals surface area contributed by atoms with Crippen molar-refractivity contribution in [3.8, 4) is 0 Å². The van der Waals surface area contributed by atoms with Crippen molar-refractivity contribution in [2.45, 2.75) is 49.9 Å². The zero-order chi connectivity index (χ0) is 23.5. The van der Waals surface area contributed by atoms with Crippen molar-refractivity contribution in [1.82, 2.24) is 18.8 Å². The fourth-order valence-electron chi connectivity index (χ4n) is 5.12. The van der Waals surface area contributed by atoms with Crippen molar-refractivity contribution in [1.29, 1.82) is 0 Å². The van der Waals surface area contributed by atoms with E-state index in [1.54, 1.807) is 12.3 Å². The lowest BCUT2D eigenvalue weighted by molar-refractivity contribution is 0.117. The molecule has 1 aromatic carbocycles. The number of aliphatic hydroxyl groups excluding tert-OH is 1. The summed E-state index contributed by atoms with van der Waals surface area (Å²) >= 11 is 0. The number of anilines is 1. The molecule has 3 aromatic rings. The standard InChI is InChI=1S/C21H23F2N5O4S/c1-27(33(30,31)32)17-8-11(9-18(17)29)28-7-6-13-20(24-10-25-21(13)28)26-16-5-2-12-14(22)3-4-15(23)19(12)16/h3-4,6-7,10-11,16-18,29H,2,5,8-9H2,1H3,(H,24,25,26)(H,30,31,32)/t11-,16+,17+,18+/m1/s1. The van der Waals surface area contributed by atoms with Crippen molar-refractivity contribution < 1.29 is 26.9 Å². The van der Waals surface area contributed by atoms with E-state index in [1.165, 1.54) is 13.4 Å². The molecular formula is C21H23F2N5O4S. The number of hydrogen-bond donors (Lipinski definition) is 3. The third-order valence-corrected chi connectivity index (χ3v) is 7.79. The maximum absolute atomic E-state index is 14.4. The zero-order valence-electron chi connectivity index (χ0n) is 17.7. The summed E-state index contributed by atoms with van der Waals surface area (Å²) in [5.41, 5.74) is 1.26. The van der Waals surface area contributed by atoms with Crippen LogP contribution in [0.1, 0.15) is 42.5 Å². The van der Waals surface area contributed by atoms with Gasteiger partial charge in [0, 0.05) is 24.8 Å². The number of fused-ring (bicyclic) bond motifs is 2. The van der Waals surface area contributed by atoms with Crippen LogP contribution in [-0.2, 0) is 16.7 Å². The normalized spacial score (nSPS) is 25.2. The Morgan fingerprint density at radius 3 is 2.70 bits per heavy atom. The molecular weight excluding hydrogens is 456 g/mol. The summed E-state index contributed by atoms with van der Waals surface area (Å²) in [4.78, 5) is 8.66. The smallest absolute Gasteiger partial charge is 0.335 e. The van der Waals surface area contributed by atoms with E-state index in [9.17, 15) is 26.9 Å². The highest BCUT2D eigenvalue weighted by Gasteiger charge is 2.40. The SMILES string of the molecule is CN([C@H]1C[C@@H](n2ccc3c(N[C@H]4CCc5c(F)ccc(F)c54)ncnc32)C[C@@H]1O)S(=O)(=O)O. The molecule has 0 bridgehead atoms. The van der Waals surface area contributed by atoms with E-state index in [1.807, 2.05) is 4.57 Å². The molecule has 2 aliphatic rings. The highest BCUT2D eigenvalue weighted by atomic mass is 32.2. The second kappa shape index (κ2) is 7.97. The van der Waals surface area contributed by atoms with Gasteiger partial charge in [-0.25, -0.2) is 18.7 Å². The van der Waals surface area contributed by atoms with Gasteiger partial charge in [-0.05, 0) is 49.4 Å². The van der Waals surface area contributed by atoms with Gasteiger partial charge in [0.15, 0.2) is 0 Å². The molecule has 2 aliphatic carbocycles. The monoisotopic (exact) mass is 479 g/mol. The number of benzene rings is 1. The molecule has 0 unspecified atom stereocenters. The van der Waals surface area contributed by atoms with Crippen LogP contribution in [0.2, 0.25) is 0 Å². The second-order valence-electron chi connectivity index (χ2n) is 8.59. The van der Waals surface area contributed by atoms with Crippen molar-refractivity contribution >= 4 is 27.2 Å². The number of aromatic nitrogens is 3. The Bertz CT molecular complexity index is 1330. The average molecular weight is 480 g/mol. The van der Waals surface area contributed by atoms with E-state index >= 15 is 0 Å². The molecule has 1 fully saturated rings. The van der Waals surface area contributed by atoms with Gasteiger partial charge >= 0.3 is 10.3 Å². The predicted molar refractivity (Wildman–Crippen MR) is 116 cm³/mol. The van der Waals surface area contributed by atoms with E-state index in [2.05, 4.69) is 15.3 Å². The molecule has 2 aromatic heterocycles. The molecule has 0 aliphatic heterocycles. The lowest BCUT2D eigenvalue weighted by Crippen LogP contribution is -2.41. The minimum atomic E-state index is -4.43. The van der Waals surface area contributed by atoms with Crippen molar-refractivity contribution in [3.05, 3.63) is 53.5 Å². The van der Waals surface area contributed by atoms with Gasteiger partial charge in [0.1, 0.15) is 29.4 Å². The molecule has 5 rings (SSSR count). The zero-order valence-corrected chi connectivity index (χ0v) is 18.5. The molecule has 4 atom stereocenters. The van der Waals surface area contributed by atoms with Gasteiger partial charge in [0.05, 0.1) is 23.6 Å². The molecule has 3 N–H and O–H groups in total. The molecule has 9 nitrogen and oxygen atoms in total. The van der Waals surface area contributed by atoms with Gasteiger partial charge < -0.3 is 15.0 Å². The third-order valence-electron chi connectivity index (χ3n) is 6.79. The Morgan fingerprint density at radius 2 is 1.94 bits per heavy atom. The van der Waals surface area contributed by atoms with E-state index in [4.69, 9.17) is 0 Å². The summed E-state index contributed by atoms with van der Waals surface area (Å²) in [7, 11) is -3.21. The largest absolute Gasteiger partial charge is 0.391 e. The van der Waals surface area contributed by atoms with Crippen LogP contribution in [0.4, 0.5) is 14.6 Å². The van der Waals surface area contributed by atoms with Gasteiger partial charge in [-0.15, -0.1) is 0 Å². The number of likely N-dealkylation sites (N-methyl/N-ethyl adjacent to an activating group) is 1. The summed E-state index contributed by atoms with van der Waals surface area (Å²) in [6, 6.07) is 2.61. The number of halogens is 2. The minimum Gasteiger partial charge on any atom is -0.391 e. The van der Waals surface area contributed by atoms with Crippen molar-refractivity contribution in [3.63, 3.8) is 0 Å². The van der Waals surface area contributed by atoms with Crippen molar-refractivity contribution in [2.75, 3.05) is 12.4 Å². The Kier molecular flexibility index (Phi) is 5.35. The second-order valence-corrected chi connectivity index (χ2v) is 10.1. The summed E-state index contributed by atoms with van der Waals surface area (Å²) in [6.07, 6.45) is 3.71. The third kappa shape index (κ3) is 3.76. The Labute approximate surface area is 189 Å². The van der Waals surface area contributed by atoms with Gasteiger partial charge in [-0.1, -0.05) is 0 Å². The Hall–Kier alpha value is -2.67. The van der Waals surface area contributed by atoms with Crippen LogP contribution in [-0.4, -0.2) is 56.1 Å². The first-order valence-electron chi connectivity index (χ1n) is 10.6. The van der Waals surface area contributed by atoms with Crippen LogP contribution in [0.25, 0.3) is 11.0 Å². The van der Waals surface area contributed by atoms with E-state index in [-0.39, 0.29) is 18.9 Å². The molecule has 0 radical (unpaired) electrons. The highest BCUT2D eigenvalue weighted by Crippen LogP contribution is 2.39. The lowest BCUT2D eigenvalue weighted by atomic mass is 10.1. The number of nitrogens with zero attached hydrogens (tertiary/aromatic N) is 4. The van der Waals surface area contributed by atoms with E-state index < -0.39 is 40.1 Å². The number of rotatable bonds is 5. The highest BCUT2D eigenvalue weighted by molar-refractivity contribution is 7.83. The summed E-state index contributed by atoms with van der Waals surface area (Å²) in [6.45, 7) is 0. The average Bonchev–Trinajstić information content (AvgIpc) is 3.47. The fraction of sp³-hybridized carbons (Fsp3) is 0.429. The van der Waals surface area contributed by atoms with Crippen molar-refractivity contribution in [2.24, 2.45) is 0 Å². The first-order chi connectivity index (χ1) is 15.6. The van der Waals surface area contributed by atoms with E-state index in [0.717, 1.165) is 16.4 Å². The lowest BCUT2D eigenvalue weighted by Gasteiger charge is -2.23. The Balaban J connectivity index is 1.43. The molecule has 12 heteroatoms. The molecule has 0 saturated heterocycles. The van der Waals surface area contributed by atoms with Crippen LogP contribution in [0.15, 0.2) is 30.7 Å². The number of nitrogens with one attached hydrogen (secondary N) is 1. The van der Waals surface area contributed by atoms with Gasteiger partial charge in [0.25, 0.3) is 0 Å². The van der Waals surface area contributed by atoms with Crippen LogP contribution in [0, 0.1) is 11.6 Å². The van der Waals surface area contributed by atoms with Crippen LogP contribution in [0.5, 0.6) is 0 Å². The topological polar surface area (TPSA) is 121 Å². The quantitative estimate of drug-likeness (QED) is 0.481. The van der Waals surface area contributed by atoms with Gasteiger partial charge in [-0.2, -0.15) is 12.7 Å². The fourth-order valence-corrected chi connectivity index (χ4v) is 5.69. The molecule has 0 spiro atoms. The molecule has 176 valence electrons. The molecule has 1 saturated carbocycles. The molecule has 2 heterocycles.